The fourth-order valence-electron chi connectivity index (χ4n) is 6.96. The molecule has 0 aromatic carbocycles. The van der Waals surface area contributed by atoms with E-state index in [1.54, 1.807) is 6.08 Å². The predicted octanol–water partition coefficient (Wildman–Crippen LogP) is 8.77. The van der Waals surface area contributed by atoms with Crippen molar-refractivity contribution in [1.29, 1.82) is 0 Å². The van der Waals surface area contributed by atoms with Crippen molar-refractivity contribution in [2.24, 2.45) is 5.92 Å². The van der Waals surface area contributed by atoms with Crippen LogP contribution in [0.2, 0.25) is 0 Å². The number of ether oxygens (including phenoxy) is 3. The maximum atomic E-state index is 12.8. The molecule has 1 saturated heterocycles. The van der Waals surface area contributed by atoms with E-state index in [4.69, 9.17) is 29.0 Å². The van der Waals surface area contributed by atoms with Gasteiger partial charge in [0.25, 0.3) is 0 Å². The van der Waals surface area contributed by atoms with Gasteiger partial charge in [0.1, 0.15) is 30.7 Å². The van der Waals surface area contributed by atoms with Crippen molar-refractivity contribution in [3.05, 3.63) is 83.5 Å². The molecule has 19 nitrogen and oxygen atoms in total. The van der Waals surface area contributed by atoms with E-state index in [0.717, 1.165) is 55.2 Å². The number of nitrogens with zero attached hydrogens (tertiary/aromatic N) is 2. The zero-order valence-electron chi connectivity index (χ0n) is 41.3. The third-order valence-electron chi connectivity index (χ3n) is 11.0. The van der Waals surface area contributed by atoms with Crippen LogP contribution in [0.25, 0.3) is 0 Å². The Morgan fingerprint density at radius 1 is 0.786 bits per heavy atom. The highest BCUT2D eigenvalue weighted by molar-refractivity contribution is 7.61. The number of aliphatic hydroxyl groups excluding tert-OH is 3. The molecule has 0 bridgehead atoms. The van der Waals surface area contributed by atoms with Gasteiger partial charge in [-0.05, 0) is 56.9 Å². The van der Waals surface area contributed by atoms with Gasteiger partial charge in [0.05, 0.1) is 19.3 Å². The minimum Gasteiger partial charge on any atom is -0.462 e. The molecule has 1 aromatic rings. The van der Waals surface area contributed by atoms with Crippen molar-refractivity contribution in [2.45, 2.75) is 186 Å². The molecule has 7 N–H and O–H groups in total. The standard InChI is InChI=1S/C49H81N3O16P2/c1-4-40(53)31-27-23-19-15-11-7-5-6-8-12-17-21-25-29-33-45(55)66-41(36-63-44(54)32-28-24-20-16-13-9-10-14-18-22-26-30-39(2)3)37-64-69(59,60)68-70(61,62)65-38-42-46(56)47(57)48(67-42)52-35-34-43(50)51-49(52)58/h6-8,11,17,19,21,23,27,31,34-35,39-42,46-48,53,56-57H,4-5,9-10,12-16,18,20,22,24-26,28-30,32-33,36-38H2,1-3H3,(H,59,60)(H,61,62)(H2,50,51,58)/b8-6-,11-7-,21-17-,23-19-,31-27+/t40-,41-,42-,46-,47-,48-/m1/s1. The molecule has 0 spiro atoms. The first-order valence-electron chi connectivity index (χ1n) is 24.8. The highest BCUT2D eigenvalue weighted by atomic mass is 31.3. The molecule has 2 rings (SSSR count). The highest BCUT2D eigenvalue weighted by Crippen LogP contribution is 2.60. The summed E-state index contributed by atoms with van der Waals surface area (Å²) in [4.78, 5) is 61.8. The number of phosphoric acid groups is 2. The van der Waals surface area contributed by atoms with Crippen molar-refractivity contribution in [3.8, 4) is 0 Å². The molecule has 1 aliphatic rings. The van der Waals surface area contributed by atoms with Crippen LogP contribution in [0.5, 0.6) is 0 Å². The monoisotopic (exact) mass is 1030 g/mol. The van der Waals surface area contributed by atoms with E-state index in [1.807, 2.05) is 49.5 Å². The summed E-state index contributed by atoms with van der Waals surface area (Å²) in [6, 6.07) is 1.24. The minimum absolute atomic E-state index is 0.0434. The quantitative estimate of drug-likeness (QED) is 0.0118. The maximum Gasteiger partial charge on any atom is 0.481 e. The largest absolute Gasteiger partial charge is 0.481 e. The lowest BCUT2D eigenvalue weighted by molar-refractivity contribution is -0.161. The number of esters is 2. The van der Waals surface area contributed by atoms with Gasteiger partial charge in [0.2, 0.25) is 0 Å². The van der Waals surface area contributed by atoms with Gasteiger partial charge < -0.3 is 45.1 Å². The third kappa shape index (κ3) is 29.7. The number of hydrogen-bond donors (Lipinski definition) is 6. The number of nitrogens with two attached hydrogens (primary N) is 1. The first-order valence-corrected chi connectivity index (χ1v) is 27.8. The number of anilines is 1. The van der Waals surface area contributed by atoms with Crippen molar-refractivity contribution in [1.82, 2.24) is 9.55 Å². The number of phosphoric ester groups is 2. The number of carbonyl (C=O) groups is 2. The molecule has 398 valence electrons. The molecule has 0 aliphatic carbocycles. The lowest BCUT2D eigenvalue weighted by Crippen LogP contribution is -2.36. The van der Waals surface area contributed by atoms with Crippen LogP contribution in [0.3, 0.4) is 0 Å². The van der Waals surface area contributed by atoms with Gasteiger partial charge >= 0.3 is 33.3 Å². The number of rotatable bonds is 39. The lowest BCUT2D eigenvalue weighted by Gasteiger charge is -2.21. The van der Waals surface area contributed by atoms with E-state index in [2.05, 4.69) is 35.3 Å². The molecule has 0 saturated carbocycles. The summed E-state index contributed by atoms with van der Waals surface area (Å²) in [7, 11) is -10.9. The number of nitrogen functional groups attached to an aromatic ring is 1. The second kappa shape index (κ2) is 36.4. The third-order valence-corrected chi connectivity index (χ3v) is 13.6. The first-order chi connectivity index (χ1) is 33.4. The second-order valence-corrected chi connectivity index (χ2v) is 20.7. The van der Waals surface area contributed by atoms with Crippen LogP contribution >= 0.6 is 15.6 Å². The van der Waals surface area contributed by atoms with Gasteiger partial charge in [-0.25, -0.2) is 13.9 Å². The van der Waals surface area contributed by atoms with Crippen LogP contribution < -0.4 is 11.4 Å². The Labute approximate surface area is 414 Å². The van der Waals surface area contributed by atoms with Crippen molar-refractivity contribution in [2.75, 3.05) is 25.6 Å². The normalized spacial score (nSPS) is 20.3. The Morgan fingerprint density at radius 3 is 1.97 bits per heavy atom. The summed E-state index contributed by atoms with van der Waals surface area (Å²) < 4.78 is 56.6. The van der Waals surface area contributed by atoms with E-state index in [9.17, 15) is 48.6 Å². The van der Waals surface area contributed by atoms with Crippen LogP contribution in [0, 0.1) is 5.92 Å². The van der Waals surface area contributed by atoms with E-state index in [-0.39, 0.29) is 18.7 Å². The predicted molar refractivity (Wildman–Crippen MR) is 267 cm³/mol. The van der Waals surface area contributed by atoms with Gasteiger partial charge in [0.15, 0.2) is 12.3 Å². The van der Waals surface area contributed by atoms with Crippen molar-refractivity contribution >= 4 is 33.4 Å². The topological polar surface area (TPSA) is 286 Å². The first kappa shape index (κ1) is 62.5. The maximum absolute atomic E-state index is 12.8. The van der Waals surface area contributed by atoms with E-state index >= 15 is 0 Å². The fourth-order valence-corrected chi connectivity index (χ4v) is 9.07. The summed E-state index contributed by atoms with van der Waals surface area (Å²) >= 11 is 0. The number of unbranched alkanes of at least 4 members (excludes halogenated alkanes) is 11. The van der Waals surface area contributed by atoms with E-state index in [0.29, 0.717) is 32.1 Å². The smallest absolute Gasteiger partial charge is 0.462 e. The molecule has 1 aromatic heterocycles. The Balaban J connectivity index is 1.84. The summed E-state index contributed by atoms with van der Waals surface area (Å²) in [6.45, 7) is 4.05. The van der Waals surface area contributed by atoms with Gasteiger partial charge in [-0.15, -0.1) is 0 Å². The van der Waals surface area contributed by atoms with Gasteiger partial charge in [0, 0.05) is 19.0 Å². The lowest BCUT2D eigenvalue weighted by atomic mass is 10.0. The van der Waals surface area contributed by atoms with E-state index in [1.165, 1.54) is 51.0 Å². The molecule has 70 heavy (non-hydrogen) atoms. The zero-order chi connectivity index (χ0) is 51.6. The zero-order valence-corrected chi connectivity index (χ0v) is 43.1. The summed E-state index contributed by atoms with van der Waals surface area (Å²) in [5, 5.41) is 30.4. The number of hydrogen-bond acceptors (Lipinski definition) is 16. The average molecular weight is 1030 g/mol. The molecule has 2 unspecified atom stereocenters. The highest BCUT2D eigenvalue weighted by Gasteiger charge is 2.46. The fraction of sp³-hybridized carbons (Fsp3) is 0.673. The van der Waals surface area contributed by atoms with Crippen LogP contribution in [-0.2, 0) is 46.3 Å². The van der Waals surface area contributed by atoms with Crippen molar-refractivity contribution < 1.29 is 71.4 Å². The molecular formula is C49H81N3O16P2. The molecule has 2 heterocycles. The van der Waals surface area contributed by atoms with E-state index < -0.39 is 89.8 Å². The Morgan fingerprint density at radius 2 is 1.36 bits per heavy atom. The van der Waals surface area contributed by atoms with Gasteiger partial charge in [-0.3, -0.25) is 23.2 Å². The van der Waals surface area contributed by atoms with Crippen LogP contribution in [0.15, 0.2) is 77.8 Å². The van der Waals surface area contributed by atoms with Crippen molar-refractivity contribution in [3.63, 3.8) is 0 Å². The Kier molecular flexibility index (Phi) is 32.5. The number of carbonyl (C=O) groups excluding carboxylic acids is 2. The van der Waals surface area contributed by atoms with Gasteiger partial charge in [-0.1, -0.05) is 152 Å². The molecular weight excluding hydrogens is 948 g/mol. The molecule has 0 radical (unpaired) electrons. The molecule has 8 atom stereocenters. The average Bonchev–Trinajstić information content (AvgIpc) is 3.58. The summed E-state index contributed by atoms with van der Waals surface area (Å²) in [5.74, 6) is -0.631. The van der Waals surface area contributed by atoms with Crippen LogP contribution in [0.1, 0.15) is 155 Å². The summed E-state index contributed by atoms with van der Waals surface area (Å²) in [6.07, 6.45) is 29.9. The Hall–Kier alpha value is -3.58. The second-order valence-electron chi connectivity index (χ2n) is 17.6. The molecule has 1 aliphatic heterocycles. The molecule has 1 fully saturated rings. The number of allylic oxidation sites excluding steroid dienone is 9. The summed E-state index contributed by atoms with van der Waals surface area (Å²) in [5.41, 5.74) is 4.58. The van der Waals surface area contributed by atoms with Crippen LogP contribution in [0.4, 0.5) is 5.82 Å². The van der Waals surface area contributed by atoms with Crippen LogP contribution in [-0.4, -0.2) is 96.9 Å². The Bertz CT molecular complexity index is 1940. The van der Waals surface area contributed by atoms with Gasteiger partial charge in [-0.2, -0.15) is 9.29 Å². The SMILES string of the molecule is CC[C@@H](O)/C=C/C=C\C/C=C\C/C=C\C/C=C\CCCC(=O)O[C@H](COC(=O)CCCCCCCCCCCCCC(C)C)COP(=O)(O)OP(=O)(O)OC[C@H]1O[C@@H](n2ccc(N)nc2=O)[C@H](O)[C@@H]1O. The molecule has 0 amide bonds. The minimum atomic E-state index is -5.44. The molecule has 21 heteroatoms. The number of aliphatic hydroxyl groups is 3. The number of aromatic nitrogens is 2.